The maximum absolute atomic E-state index is 10.0. The molecule has 0 spiro atoms. The first-order chi connectivity index (χ1) is 8.29. The summed E-state index contributed by atoms with van der Waals surface area (Å²) >= 11 is 1.97. The van der Waals surface area contributed by atoms with E-state index in [4.69, 9.17) is 0 Å². The smallest absolute Gasteiger partial charge is 0.0791 e. The van der Waals surface area contributed by atoms with Crippen molar-refractivity contribution in [2.24, 2.45) is 0 Å². The molecule has 0 aromatic rings. The van der Waals surface area contributed by atoms with Crippen molar-refractivity contribution in [2.45, 2.75) is 49.5 Å². The summed E-state index contributed by atoms with van der Waals surface area (Å²) in [7, 11) is 0. The van der Waals surface area contributed by atoms with Crippen LogP contribution in [-0.4, -0.2) is 59.8 Å². The van der Waals surface area contributed by atoms with Gasteiger partial charge >= 0.3 is 0 Å². The predicted octanol–water partition coefficient (Wildman–Crippen LogP) is 1.32. The molecular weight excluding hydrogens is 232 g/mol. The second kappa shape index (κ2) is 6.98. The average Bonchev–Trinajstić information content (AvgIpc) is 2.96. The lowest BCUT2D eigenvalue weighted by atomic mass is 10.2. The Kier molecular flexibility index (Phi) is 5.60. The van der Waals surface area contributed by atoms with Crippen molar-refractivity contribution in [1.82, 2.24) is 10.2 Å². The molecule has 1 saturated carbocycles. The lowest BCUT2D eigenvalue weighted by molar-refractivity contribution is 0.121. The van der Waals surface area contributed by atoms with Gasteiger partial charge in [0.25, 0.3) is 0 Å². The monoisotopic (exact) mass is 258 g/mol. The first-order valence-corrected chi connectivity index (χ1v) is 8.25. The van der Waals surface area contributed by atoms with E-state index >= 15 is 0 Å². The Morgan fingerprint density at radius 3 is 2.76 bits per heavy atom. The molecule has 100 valence electrons. The van der Waals surface area contributed by atoms with E-state index in [1.807, 2.05) is 11.8 Å². The Balaban J connectivity index is 1.63. The van der Waals surface area contributed by atoms with E-state index in [0.717, 1.165) is 18.3 Å². The molecule has 1 aliphatic carbocycles. The lowest BCUT2D eigenvalue weighted by Crippen LogP contribution is -2.42. The van der Waals surface area contributed by atoms with Crippen molar-refractivity contribution in [2.75, 3.05) is 32.4 Å². The standard InChI is InChI=1S/C13H26N2OS/c1-17-13-6-4-5-12(13)14-9-11(16)10-15-7-2-3-8-15/h11-14,16H,2-10H2,1H3. The molecule has 3 unspecified atom stereocenters. The molecule has 1 aliphatic heterocycles. The number of aliphatic hydroxyl groups is 1. The van der Waals surface area contributed by atoms with Gasteiger partial charge in [-0.05, 0) is 45.0 Å². The fraction of sp³-hybridized carbons (Fsp3) is 1.00. The van der Waals surface area contributed by atoms with Crippen molar-refractivity contribution in [3.8, 4) is 0 Å². The SMILES string of the molecule is CSC1CCCC1NCC(O)CN1CCCC1. The van der Waals surface area contributed by atoms with Crippen LogP contribution < -0.4 is 5.32 Å². The summed E-state index contributed by atoms with van der Waals surface area (Å²) in [6, 6.07) is 0.623. The van der Waals surface area contributed by atoms with Crippen molar-refractivity contribution in [3.05, 3.63) is 0 Å². The quantitative estimate of drug-likeness (QED) is 0.753. The van der Waals surface area contributed by atoms with E-state index in [1.54, 1.807) is 0 Å². The van der Waals surface area contributed by atoms with Crippen LogP contribution in [0.1, 0.15) is 32.1 Å². The van der Waals surface area contributed by atoms with Gasteiger partial charge in [-0.3, -0.25) is 0 Å². The van der Waals surface area contributed by atoms with Gasteiger partial charge in [-0.15, -0.1) is 0 Å². The number of β-amino-alcohol motifs (C(OH)–C–C–N with tert-alkyl or cyclic N) is 1. The van der Waals surface area contributed by atoms with Crippen LogP contribution in [0, 0.1) is 0 Å². The van der Waals surface area contributed by atoms with Gasteiger partial charge in [-0.2, -0.15) is 11.8 Å². The molecule has 2 N–H and O–H groups in total. The summed E-state index contributed by atoms with van der Waals surface area (Å²) in [6.45, 7) is 3.96. The number of nitrogens with zero attached hydrogens (tertiary/aromatic N) is 1. The van der Waals surface area contributed by atoms with Crippen molar-refractivity contribution in [1.29, 1.82) is 0 Å². The van der Waals surface area contributed by atoms with Crippen molar-refractivity contribution >= 4 is 11.8 Å². The maximum Gasteiger partial charge on any atom is 0.0791 e. The first kappa shape index (κ1) is 13.7. The van der Waals surface area contributed by atoms with E-state index < -0.39 is 0 Å². The van der Waals surface area contributed by atoms with Crippen LogP contribution in [0.4, 0.5) is 0 Å². The van der Waals surface area contributed by atoms with Gasteiger partial charge in [-0.25, -0.2) is 0 Å². The Morgan fingerprint density at radius 2 is 2.06 bits per heavy atom. The number of hydrogen-bond donors (Lipinski definition) is 2. The summed E-state index contributed by atoms with van der Waals surface area (Å²) < 4.78 is 0. The van der Waals surface area contributed by atoms with E-state index in [0.29, 0.717) is 6.04 Å². The van der Waals surface area contributed by atoms with Gasteiger partial charge < -0.3 is 15.3 Å². The molecule has 0 amide bonds. The van der Waals surface area contributed by atoms with Crippen LogP contribution in [0.25, 0.3) is 0 Å². The molecule has 3 nitrogen and oxygen atoms in total. The Labute approximate surface area is 109 Å². The van der Waals surface area contributed by atoms with E-state index in [1.165, 1.54) is 45.2 Å². The van der Waals surface area contributed by atoms with Crippen LogP contribution in [0.3, 0.4) is 0 Å². The molecule has 1 heterocycles. The molecule has 3 atom stereocenters. The third kappa shape index (κ3) is 4.12. The van der Waals surface area contributed by atoms with Gasteiger partial charge in [0, 0.05) is 24.4 Å². The minimum Gasteiger partial charge on any atom is -0.390 e. The summed E-state index contributed by atoms with van der Waals surface area (Å²) in [4.78, 5) is 2.38. The number of thioether (sulfide) groups is 1. The molecular formula is C13H26N2OS. The fourth-order valence-corrected chi connectivity index (χ4v) is 4.02. The van der Waals surface area contributed by atoms with Gasteiger partial charge in [0.2, 0.25) is 0 Å². The summed E-state index contributed by atoms with van der Waals surface area (Å²) in [5.41, 5.74) is 0. The molecule has 17 heavy (non-hydrogen) atoms. The molecule has 0 bridgehead atoms. The van der Waals surface area contributed by atoms with Crippen molar-refractivity contribution in [3.63, 3.8) is 0 Å². The van der Waals surface area contributed by atoms with E-state index in [-0.39, 0.29) is 6.10 Å². The molecule has 2 fully saturated rings. The highest BCUT2D eigenvalue weighted by Gasteiger charge is 2.26. The normalized spacial score (nSPS) is 32.1. The maximum atomic E-state index is 10.0. The summed E-state index contributed by atoms with van der Waals surface area (Å²) in [5, 5.41) is 14.3. The van der Waals surface area contributed by atoms with Crippen LogP contribution in [0.2, 0.25) is 0 Å². The number of hydrogen-bond acceptors (Lipinski definition) is 4. The predicted molar refractivity (Wildman–Crippen MR) is 74.6 cm³/mol. The van der Waals surface area contributed by atoms with Gasteiger partial charge in [0.15, 0.2) is 0 Å². The largest absolute Gasteiger partial charge is 0.390 e. The van der Waals surface area contributed by atoms with E-state index in [9.17, 15) is 5.11 Å². The third-order valence-electron chi connectivity index (χ3n) is 4.04. The fourth-order valence-electron chi connectivity index (χ4n) is 3.06. The average molecular weight is 258 g/mol. The van der Waals surface area contributed by atoms with E-state index in [2.05, 4.69) is 16.5 Å². The van der Waals surface area contributed by atoms with Crippen molar-refractivity contribution < 1.29 is 5.11 Å². The van der Waals surface area contributed by atoms with Crippen LogP contribution in [0.5, 0.6) is 0 Å². The lowest BCUT2D eigenvalue weighted by Gasteiger charge is -2.23. The first-order valence-electron chi connectivity index (χ1n) is 6.96. The molecule has 1 saturated heterocycles. The minimum absolute atomic E-state index is 0.198. The Hall–Kier alpha value is 0.230. The minimum atomic E-state index is -0.198. The number of aliphatic hydroxyl groups excluding tert-OH is 1. The topological polar surface area (TPSA) is 35.5 Å². The summed E-state index contributed by atoms with van der Waals surface area (Å²) in [5.74, 6) is 0. The highest BCUT2D eigenvalue weighted by molar-refractivity contribution is 7.99. The third-order valence-corrected chi connectivity index (χ3v) is 5.21. The van der Waals surface area contributed by atoms with Gasteiger partial charge in [-0.1, -0.05) is 6.42 Å². The summed E-state index contributed by atoms with van der Waals surface area (Å²) in [6.07, 6.45) is 8.56. The zero-order chi connectivity index (χ0) is 12.1. The van der Waals surface area contributed by atoms with Crippen LogP contribution in [0.15, 0.2) is 0 Å². The van der Waals surface area contributed by atoms with Crippen LogP contribution >= 0.6 is 11.8 Å². The zero-order valence-corrected chi connectivity index (χ0v) is 11.7. The molecule has 0 aromatic heterocycles. The Bertz CT molecular complexity index is 221. The highest BCUT2D eigenvalue weighted by Crippen LogP contribution is 2.28. The second-order valence-corrected chi connectivity index (χ2v) is 6.46. The number of nitrogens with one attached hydrogen (secondary N) is 1. The molecule has 0 radical (unpaired) electrons. The second-order valence-electron chi connectivity index (χ2n) is 5.38. The highest BCUT2D eigenvalue weighted by atomic mass is 32.2. The number of rotatable bonds is 6. The molecule has 4 heteroatoms. The molecule has 0 aromatic carbocycles. The Morgan fingerprint density at radius 1 is 1.29 bits per heavy atom. The number of likely N-dealkylation sites (tertiary alicyclic amines) is 1. The van der Waals surface area contributed by atoms with Crippen LogP contribution in [-0.2, 0) is 0 Å². The van der Waals surface area contributed by atoms with Gasteiger partial charge in [0.1, 0.15) is 0 Å². The zero-order valence-electron chi connectivity index (χ0n) is 10.9. The molecule has 2 aliphatic rings. The van der Waals surface area contributed by atoms with Gasteiger partial charge in [0.05, 0.1) is 6.10 Å². The molecule has 2 rings (SSSR count).